The lowest BCUT2D eigenvalue weighted by molar-refractivity contribution is -0.137. The molecule has 2 aromatic rings. The molecule has 2 fully saturated rings. The minimum absolute atomic E-state index is 0.275. The minimum atomic E-state index is 0.275. The molecule has 1 saturated carbocycles. The number of rotatable bonds is 8. The van der Waals surface area contributed by atoms with Crippen LogP contribution in [0.15, 0.2) is 24.3 Å². The van der Waals surface area contributed by atoms with Gasteiger partial charge in [-0.1, -0.05) is 25.0 Å². The fraction of sp³-hybridized carbons (Fsp3) is 0.625. The van der Waals surface area contributed by atoms with E-state index in [1.54, 1.807) is 0 Å². The first-order valence-corrected chi connectivity index (χ1v) is 11.8. The molecule has 4 rings (SSSR count). The van der Waals surface area contributed by atoms with Crippen LogP contribution in [-0.2, 0) is 11.3 Å². The number of carbonyl (C=O) groups excluding carboxylic acids is 1. The van der Waals surface area contributed by atoms with Gasteiger partial charge in [-0.2, -0.15) is 0 Å². The summed E-state index contributed by atoms with van der Waals surface area (Å²) in [5.74, 6) is 2.43. The number of nitrogens with zero attached hydrogens (tertiary/aromatic N) is 5. The van der Waals surface area contributed by atoms with Crippen LogP contribution in [0.5, 0.6) is 0 Å². The normalized spacial score (nSPS) is 18.2. The molecule has 31 heavy (non-hydrogen) atoms. The molecule has 0 bridgehead atoms. The lowest BCUT2D eigenvalue weighted by Gasteiger charge is -2.35. The summed E-state index contributed by atoms with van der Waals surface area (Å²) >= 11 is 0. The third kappa shape index (κ3) is 5.71. The van der Waals surface area contributed by atoms with Crippen LogP contribution < -0.4 is 5.32 Å². The summed E-state index contributed by atoms with van der Waals surface area (Å²) in [6, 6.07) is 8.21. The summed E-state index contributed by atoms with van der Waals surface area (Å²) < 4.78 is 0. The zero-order chi connectivity index (χ0) is 21.6. The van der Waals surface area contributed by atoms with Crippen LogP contribution in [0.4, 0.5) is 5.82 Å². The van der Waals surface area contributed by atoms with Crippen molar-refractivity contribution >= 4 is 22.6 Å². The summed E-state index contributed by atoms with van der Waals surface area (Å²) in [5.41, 5.74) is 0.984. The van der Waals surface area contributed by atoms with Gasteiger partial charge in [-0.25, -0.2) is 9.97 Å². The number of benzene rings is 1. The summed E-state index contributed by atoms with van der Waals surface area (Å²) in [6.45, 7) is 6.08. The van der Waals surface area contributed by atoms with Gasteiger partial charge in [0.25, 0.3) is 0 Å². The lowest BCUT2D eigenvalue weighted by Crippen LogP contribution is -2.49. The largest absolute Gasteiger partial charge is 0.369 e. The van der Waals surface area contributed by atoms with E-state index in [0.29, 0.717) is 5.91 Å². The van der Waals surface area contributed by atoms with Crippen LogP contribution in [0.2, 0.25) is 0 Å². The van der Waals surface area contributed by atoms with Crippen molar-refractivity contribution in [2.45, 2.75) is 38.6 Å². The third-order valence-electron chi connectivity index (χ3n) is 6.48. The second-order valence-electron chi connectivity index (χ2n) is 9.17. The van der Waals surface area contributed by atoms with Gasteiger partial charge in [0.15, 0.2) is 0 Å². The predicted octanol–water partition coefficient (Wildman–Crippen LogP) is 2.83. The second-order valence-corrected chi connectivity index (χ2v) is 9.17. The Morgan fingerprint density at radius 2 is 1.84 bits per heavy atom. The number of piperazine rings is 1. The molecule has 0 unspecified atom stereocenters. The van der Waals surface area contributed by atoms with E-state index in [1.807, 2.05) is 12.1 Å². The highest BCUT2D eigenvalue weighted by Crippen LogP contribution is 2.27. The van der Waals surface area contributed by atoms with Crippen molar-refractivity contribution in [1.82, 2.24) is 24.7 Å². The molecule has 7 nitrogen and oxygen atoms in total. The average Bonchev–Trinajstić information content (AvgIpc) is 3.31. The summed E-state index contributed by atoms with van der Waals surface area (Å²) in [5, 5.41) is 4.60. The van der Waals surface area contributed by atoms with Gasteiger partial charge in [0, 0.05) is 44.0 Å². The van der Waals surface area contributed by atoms with Gasteiger partial charge in [-0.05, 0) is 52.0 Å². The molecule has 0 atom stereocenters. The van der Waals surface area contributed by atoms with Crippen molar-refractivity contribution in [3.63, 3.8) is 0 Å². The van der Waals surface area contributed by atoms with Gasteiger partial charge in [0.05, 0.1) is 12.1 Å². The number of para-hydroxylation sites is 1. The van der Waals surface area contributed by atoms with Crippen LogP contribution in [0, 0.1) is 5.92 Å². The van der Waals surface area contributed by atoms with Crippen molar-refractivity contribution in [2.75, 3.05) is 58.7 Å². The van der Waals surface area contributed by atoms with E-state index in [2.05, 4.69) is 46.2 Å². The maximum atomic E-state index is 12.7. The molecule has 1 aliphatic heterocycles. The Morgan fingerprint density at radius 1 is 1.10 bits per heavy atom. The first kappa shape index (κ1) is 22.0. The molecule has 168 valence electrons. The molecule has 0 radical (unpaired) electrons. The van der Waals surface area contributed by atoms with Crippen molar-refractivity contribution in [2.24, 2.45) is 5.92 Å². The van der Waals surface area contributed by atoms with Crippen LogP contribution in [0.1, 0.15) is 37.9 Å². The van der Waals surface area contributed by atoms with Gasteiger partial charge in [0.2, 0.25) is 5.91 Å². The Morgan fingerprint density at radius 3 is 2.58 bits per heavy atom. The van der Waals surface area contributed by atoms with Crippen molar-refractivity contribution in [3.05, 3.63) is 30.1 Å². The number of carbonyl (C=O) groups is 1. The highest BCUT2D eigenvalue weighted by Gasteiger charge is 2.29. The highest BCUT2D eigenvalue weighted by atomic mass is 16.2. The van der Waals surface area contributed by atoms with Crippen molar-refractivity contribution < 1.29 is 4.79 Å². The van der Waals surface area contributed by atoms with Crippen molar-refractivity contribution in [3.8, 4) is 0 Å². The third-order valence-corrected chi connectivity index (χ3v) is 6.48. The van der Waals surface area contributed by atoms with Gasteiger partial charge < -0.3 is 15.1 Å². The monoisotopic (exact) mass is 424 g/mol. The molecule has 1 aromatic heterocycles. The molecule has 7 heteroatoms. The highest BCUT2D eigenvalue weighted by molar-refractivity contribution is 5.89. The Kier molecular flexibility index (Phi) is 7.35. The fourth-order valence-corrected chi connectivity index (χ4v) is 4.69. The summed E-state index contributed by atoms with van der Waals surface area (Å²) in [7, 11) is 4.19. The molecule has 2 heterocycles. The Hall–Kier alpha value is -2.25. The maximum Gasteiger partial charge on any atom is 0.225 e. The van der Waals surface area contributed by atoms with E-state index in [0.717, 1.165) is 87.6 Å². The number of anilines is 1. The van der Waals surface area contributed by atoms with E-state index in [1.165, 1.54) is 12.8 Å². The van der Waals surface area contributed by atoms with E-state index in [9.17, 15) is 4.79 Å². The predicted molar refractivity (Wildman–Crippen MR) is 125 cm³/mol. The van der Waals surface area contributed by atoms with Gasteiger partial charge in [-0.3, -0.25) is 9.69 Å². The van der Waals surface area contributed by atoms with Crippen molar-refractivity contribution in [1.29, 1.82) is 0 Å². The van der Waals surface area contributed by atoms with Crippen LogP contribution >= 0.6 is 0 Å². The molecule has 1 saturated heterocycles. The molecule has 1 aliphatic carbocycles. The number of nitrogens with one attached hydrogen (secondary N) is 1. The quantitative estimate of drug-likeness (QED) is 0.658. The maximum absolute atomic E-state index is 12.7. The zero-order valence-corrected chi connectivity index (χ0v) is 19.0. The smallest absolute Gasteiger partial charge is 0.225 e. The molecular weight excluding hydrogens is 388 g/mol. The standard InChI is InChI=1S/C24H36N6O/c1-28(2)13-7-12-25-23-20-10-5-6-11-21(20)26-22(27-23)18-29-14-16-30(17-15-29)24(31)19-8-3-4-9-19/h5-6,10-11,19H,3-4,7-9,12-18H2,1-2H3,(H,25,26,27). The van der Waals surface area contributed by atoms with Crippen LogP contribution in [-0.4, -0.2) is 83.9 Å². The minimum Gasteiger partial charge on any atom is -0.369 e. The van der Waals surface area contributed by atoms with Crippen LogP contribution in [0.25, 0.3) is 10.9 Å². The topological polar surface area (TPSA) is 64.6 Å². The van der Waals surface area contributed by atoms with Gasteiger partial charge in [-0.15, -0.1) is 0 Å². The zero-order valence-electron chi connectivity index (χ0n) is 19.0. The van der Waals surface area contributed by atoms with E-state index in [4.69, 9.17) is 9.97 Å². The fourth-order valence-electron chi connectivity index (χ4n) is 4.69. The molecular formula is C24H36N6O. The van der Waals surface area contributed by atoms with E-state index < -0.39 is 0 Å². The number of amides is 1. The molecule has 1 amide bonds. The number of hydrogen-bond donors (Lipinski definition) is 1. The molecule has 1 aromatic carbocycles. The van der Waals surface area contributed by atoms with Gasteiger partial charge in [0.1, 0.15) is 11.6 Å². The second kappa shape index (κ2) is 10.4. The Bertz CT molecular complexity index is 871. The molecule has 0 spiro atoms. The SMILES string of the molecule is CN(C)CCCNc1nc(CN2CCN(C(=O)C3CCCC3)CC2)nc2ccccc12. The number of aromatic nitrogens is 2. The summed E-state index contributed by atoms with van der Waals surface area (Å²) in [4.78, 5) is 29.0. The Balaban J connectivity index is 1.37. The van der Waals surface area contributed by atoms with Crippen LogP contribution in [0.3, 0.4) is 0 Å². The van der Waals surface area contributed by atoms with Gasteiger partial charge >= 0.3 is 0 Å². The summed E-state index contributed by atoms with van der Waals surface area (Å²) in [6.07, 6.45) is 5.64. The lowest BCUT2D eigenvalue weighted by atomic mass is 10.1. The van der Waals surface area contributed by atoms with E-state index >= 15 is 0 Å². The number of hydrogen-bond acceptors (Lipinski definition) is 6. The first-order chi connectivity index (χ1) is 15.1. The molecule has 1 N–H and O–H groups in total. The Labute approximate surface area is 185 Å². The first-order valence-electron chi connectivity index (χ1n) is 11.8. The number of fused-ring (bicyclic) bond motifs is 1. The molecule has 2 aliphatic rings. The average molecular weight is 425 g/mol. The van der Waals surface area contributed by atoms with E-state index in [-0.39, 0.29) is 5.92 Å².